The van der Waals surface area contributed by atoms with Crippen molar-refractivity contribution in [2.24, 2.45) is 0 Å². The predicted molar refractivity (Wildman–Crippen MR) is 97.4 cm³/mol. The van der Waals surface area contributed by atoms with Gasteiger partial charge in [0.2, 0.25) is 5.91 Å². The van der Waals surface area contributed by atoms with Gasteiger partial charge >= 0.3 is 0 Å². The van der Waals surface area contributed by atoms with Gasteiger partial charge in [0.25, 0.3) is 5.56 Å². The van der Waals surface area contributed by atoms with E-state index in [1.54, 1.807) is 15.5 Å². The third-order valence-corrected chi connectivity index (χ3v) is 4.20. The maximum Gasteiger partial charge on any atom is 0.251 e. The largest absolute Gasteiger partial charge is 0.311 e. The molecule has 0 fully saturated rings. The van der Waals surface area contributed by atoms with E-state index in [1.165, 1.54) is 0 Å². The Kier molecular flexibility index (Phi) is 4.47. The molecule has 0 saturated carbocycles. The van der Waals surface area contributed by atoms with Crippen LogP contribution in [0.5, 0.6) is 0 Å². The Morgan fingerprint density at radius 3 is 2.42 bits per heavy atom. The summed E-state index contributed by atoms with van der Waals surface area (Å²) in [6.45, 7) is 4.43. The van der Waals surface area contributed by atoms with Crippen LogP contribution in [0.1, 0.15) is 12.5 Å². The molecule has 0 aliphatic carbocycles. The van der Waals surface area contributed by atoms with Crippen LogP contribution in [0.4, 0.5) is 5.69 Å². The van der Waals surface area contributed by atoms with Gasteiger partial charge in [-0.3, -0.25) is 14.2 Å². The number of hydrogen-bond acceptors (Lipinski definition) is 2. The van der Waals surface area contributed by atoms with Crippen molar-refractivity contribution in [1.29, 1.82) is 0 Å². The summed E-state index contributed by atoms with van der Waals surface area (Å²) in [5.74, 6) is -0.0974. The first kappa shape index (κ1) is 16.0. The molecule has 3 aromatic rings. The van der Waals surface area contributed by atoms with Crippen LogP contribution < -0.4 is 10.5 Å². The summed E-state index contributed by atoms with van der Waals surface area (Å²) >= 11 is 0. The molecule has 2 aromatic carbocycles. The number of pyridine rings is 1. The second-order valence-corrected chi connectivity index (χ2v) is 5.74. The zero-order valence-corrected chi connectivity index (χ0v) is 13.9. The molecule has 1 amide bonds. The van der Waals surface area contributed by atoms with Gasteiger partial charge in [-0.05, 0) is 37.6 Å². The second-order valence-electron chi connectivity index (χ2n) is 5.74. The highest BCUT2D eigenvalue weighted by atomic mass is 16.2. The van der Waals surface area contributed by atoms with Crippen molar-refractivity contribution >= 4 is 22.5 Å². The Bertz CT molecular complexity index is 929. The number of amides is 1. The van der Waals surface area contributed by atoms with Crippen molar-refractivity contribution in [2.75, 3.05) is 11.4 Å². The van der Waals surface area contributed by atoms with Crippen LogP contribution in [0.2, 0.25) is 0 Å². The van der Waals surface area contributed by atoms with E-state index in [2.05, 4.69) is 0 Å². The number of rotatable bonds is 4. The Balaban J connectivity index is 2.01. The zero-order chi connectivity index (χ0) is 17.1. The zero-order valence-electron chi connectivity index (χ0n) is 13.9. The third-order valence-electron chi connectivity index (χ3n) is 4.20. The van der Waals surface area contributed by atoms with Gasteiger partial charge in [-0.25, -0.2) is 0 Å². The Labute approximate surface area is 141 Å². The van der Waals surface area contributed by atoms with Crippen LogP contribution in [0, 0.1) is 6.92 Å². The van der Waals surface area contributed by atoms with Gasteiger partial charge in [-0.2, -0.15) is 0 Å². The average Bonchev–Trinajstić information content (AvgIpc) is 2.60. The first-order chi connectivity index (χ1) is 11.6. The number of nitrogens with zero attached hydrogens (tertiary/aromatic N) is 2. The van der Waals surface area contributed by atoms with E-state index in [0.29, 0.717) is 6.54 Å². The first-order valence-corrected chi connectivity index (χ1v) is 8.06. The summed E-state index contributed by atoms with van der Waals surface area (Å²) in [7, 11) is 0. The van der Waals surface area contributed by atoms with Gasteiger partial charge in [-0.15, -0.1) is 0 Å². The average molecular weight is 320 g/mol. The number of aromatic nitrogens is 1. The van der Waals surface area contributed by atoms with Crippen LogP contribution in [0.3, 0.4) is 0 Å². The quantitative estimate of drug-likeness (QED) is 0.740. The van der Waals surface area contributed by atoms with E-state index in [9.17, 15) is 9.59 Å². The molecule has 122 valence electrons. The molecule has 0 saturated heterocycles. The minimum Gasteiger partial charge on any atom is -0.311 e. The van der Waals surface area contributed by atoms with Crippen LogP contribution in [-0.2, 0) is 11.3 Å². The van der Waals surface area contributed by atoms with Crippen LogP contribution in [0.25, 0.3) is 10.9 Å². The lowest BCUT2D eigenvalue weighted by Gasteiger charge is -2.22. The highest BCUT2D eigenvalue weighted by molar-refractivity contribution is 5.94. The molecule has 1 aromatic heterocycles. The van der Waals surface area contributed by atoms with Gasteiger partial charge in [0.05, 0.1) is 5.52 Å². The maximum absolute atomic E-state index is 12.8. The summed E-state index contributed by atoms with van der Waals surface area (Å²) in [6, 6.07) is 18.8. The lowest BCUT2D eigenvalue weighted by Crippen LogP contribution is -2.36. The normalized spacial score (nSPS) is 10.8. The van der Waals surface area contributed by atoms with E-state index in [1.807, 2.05) is 68.4 Å². The van der Waals surface area contributed by atoms with E-state index in [4.69, 9.17) is 0 Å². The highest BCUT2D eigenvalue weighted by Gasteiger charge is 2.16. The molecule has 0 N–H and O–H groups in total. The second kappa shape index (κ2) is 6.71. The monoisotopic (exact) mass is 320 g/mol. The smallest absolute Gasteiger partial charge is 0.251 e. The summed E-state index contributed by atoms with van der Waals surface area (Å²) in [4.78, 5) is 26.9. The molecule has 24 heavy (non-hydrogen) atoms. The van der Waals surface area contributed by atoms with Crippen LogP contribution in [-0.4, -0.2) is 17.0 Å². The molecule has 0 radical (unpaired) electrons. The molecule has 1 heterocycles. The number of para-hydroxylation sites is 2. The van der Waals surface area contributed by atoms with Crippen molar-refractivity contribution in [2.45, 2.75) is 20.4 Å². The minimum absolute atomic E-state index is 0.0301. The highest BCUT2D eigenvalue weighted by Crippen LogP contribution is 2.17. The van der Waals surface area contributed by atoms with E-state index in [0.717, 1.165) is 22.2 Å². The van der Waals surface area contributed by atoms with Crippen molar-refractivity contribution in [3.8, 4) is 0 Å². The van der Waals surface area contributed by atoms with E-state index < -0.39 is 0 Å². The molecule has 3 rings (SSSR count). The van der Waals surface area contributed by atoms with Gasteiger partial charge in [0.15, 0.2) is 0 Å². The first-order valence-electron chi connectivity index (χ1n) is 8.06. The van der Waals surface area contributed by atoms with E-state index >= 15 is 0 Å². The number of benzene rings is 2. The van der Waals surface area contributed by atoms with Crippen molar-refractivity contribution in [1.82, 2.24) is 4.57 Å². The van der Waals surface area contributed by atoms with Crippen molar-refractivity contribution in [3.63, 3.8) is 0 Å². The molecule has 0 spiro atoms. The Hall–Kier alpha value is -2.88. The summed E-state index contributed by atoms with van der Waals surface area (Å²) in [5.41, 5.74) is 2.41. The third kappa shape index (κ3) is 2.95. The topological polar surface area (TPSA) is 42.3 Å². The van der Waals surface area contributed by atoms with Crippen LogP contribution >= 0.6 is 0 Å². The number of likely N-dealkylation sites (N-methyl/N-ethyl adjacent to an activating group) is 1. The minimum atomic E-state index is -0.149. The number of anilines is 1. The number of carbonyl (C=O) groups is 1. The van der Waals surface area contributed by atoms with Gasteiger partial charge in [-0.1, -0.05) is 36.4 Å². The molecular weight excluding hydrogens is 300 g/mol. The standard InChI is InChI=1S/C20H20N2O2/c1-3-21(16-9-5-4-6-10-16)20(24)14-22-18-12-8-7-11-17(18)15(2)13-19(22)23/h4-13H,3,14H2,1-2H3. The fourth-order valence-electron chi connectivity index (χ4n) is 3.00. The molecule has 0 aliphatic heterocycles. The molecule has 0 atom stereocenters. The molecular formula is C20H20N2O2. The molecule has 0 aliphatic rings. The Morgan fingerprint density at radius 2 is 1.71 bits per heavy atom. The molecule has 0 bridgehead atoms. The number of fused-ring (bicyclic) bond motifs is 1. The summed E-state index contributed by atoms with van der Waals surface area (Å²) in [5, 5.41) is 0.993. The molecule has 0 unspecified atom stereocenters. The predicted octanol–water partition coefficient (Wildman–Crippen LogP) is 3.36. The van der Waals surface area contributed by atoms with Gasteiger partial charge < -0.3 is 4.90 Å². The van der Waals surface area contributed by atoms with Gasteiger partial charge in [0.1, 0.15) is 6.54 Å². The summed E-state index contributed by atoms with van der Waals surface area (Å²) in [6.07, 6.45) is 0. The van der Waals surface area contributed by atoms with Gasteiger partial charge in [0, 0.05) is 23.7 Å². The van der Waals surface area contributed by atoms with E-state index in [-0.39, 0.29) is 18.0 Å². The van der Waals surface area contributed by atoms with Crippen LogP contribution in [0.15, 0.2) is 65.5 Å². The lowest BCUT2D eigenvalue weighted by atomic mass is 10.1. The fourth-order valence-corrected chi connectivity index (χ4v) is 3.00. The SMILES string of the molecule is CCN(C(=O)Cn1c(=O)cc(C)c2ccccc21)c1ccccc1. The maximum atomic E-state index is 12.8. The molecule has 4 heteroatoms. The number of carbonyl (C=O) groups excluding carboxylic acids is 1. The Morgan fingerprint density at radius 1 is 1.04 bits per heavy atom. The molecule has 4 nitrogen and oxygen atoms in total. The fraction of sp³-hybridized carbons (Fsp3) is 0.200. The lowest BCUT2D eigenvalue weighted by molar-refractivity contribution is -0.119. The summed E-state index contributed by atoms with van der Waals surface area (Å²) < 4.78 is 1.55. The number of hydrogen-bond donors (Lipinski definition) is 0. The van der Waals surface area contributed by atoms with Crippen molar-refractivity contribution in [3.05, 3.63) is 76.6 Å². The van der Waals surface area contributed by atoms with Crippen molar-refractivity contribution < 1.29 is 4.79 Å². The number of aryl methyl sites for hydroxylation is 1.